The Morgan fingerprint density at radius 3 is 2.45 bits per heavy atom. The molecule has 0 N–H and O–H groups in total. The SMILES string of the molecule is CCCCCC(OCc1ccc(OC)cc1)c1ccc([C@H]2CCC(=O)[C@@H]2CCCc2ccc(C(=O)OC)s2)cc1. The first kappa shape index (κ1) is 30.0. The molecule has 0 aliphatic heterocycles. The van der Waals surface area contributed by atoms with E-state index in [9.17, 15) is 9.59 Å². The molecule has 2 aromatic carbocycles. The second-order valence-corrected chi connectivity index (χ2v) is 11.8. The molecule has 0 saturated heterocycles. The summed E-state index contributed by atoms with van der Waals surface area (Å²) in [5.74, 6) is 1.29. The Kier molecular flexibility index (Phi) is 11.4. The van der Waals surface area contributed by atoms with Crippen molar-refractivity contribution < 1.29 is 23.8 Å². The van der Waals surface area contributed by atoms with Crippen LogP contribution >= 0.6 is 11.3 Å². The highest BCUT2D eigenvalue weighted by Gasteiger charge is 2.35. The van der Waals surface area contributed by atoms with Crippen LogP contribution in [0.15, 0.2) is 60.7 Å². The quantitative estimate of drug-likeness (QED) is 0.137. The number of carbonyl (C=O) groups excluding carboxylic acids is 2. The number of ketones is 1. The lowest BCUT2D eigenvalue weighted by atomic mass is 9.84. The molecule has 1 heterocycles. The standard InChI is InChI=1S/C34H42O5S/c1-4-5-6-10-32(39-23-24-11-17-27(37-2)18-12-24)26-15-13-25(14-16-26)29-20-21-31(35)30(29)9-7-8-28-19-22-33(40-28)34(36)38-3/h11-19,22,29-30,32H,4-10,20-21,23H2,1-3H3/t29-,30-,32?/m1/s1. The minimum atomic E-state index is -0.288. The van der Waals surface area contributed by atoms with E-state index < -0.39 is 0 Å². The smallest absolute Gasteiger partial charge is 0.348 e. The third kappa shape index (κ3) is 8.05. The van der Waals surface area contributed by atoms with Crippen molar-refractivity contribution in [3.63, 3.8) is 0 Å². The predicted molar refractivity (Wildman–Crippen MR) is 160 cm³/mol. The first-order chi connectivity index (χ1) is 19.5. The van der Waals surface area contributed by atoms with Crippen molar-refractivity contribution in [2.24, 2.45) is 5.92 Å². The van der Waals surface area contributed by atoms with Crippen LogP contribution < -0.4 is 4.74 Å². The molecule has 40 heavy (non-hydrogen) atoms. The number of thiophene rings is 1. The molecule has 0 amide bonds. The number of rotatable bonds is 15. The first-order valence-electron chi connectivity index (χ1n) is 14.6. The van der Waals surface area contributed by atoms with Gasteiger partial charge in [0.2, 0.25) is 0 Å². The first-order valence-corrected chi connectivity index (χ1v) is 15.4. The summed E-state index contributed by atoms with van der Waals surface area (Å²) in [6.45, 7) is 2.79. The van der Waals surface area contributed by atoms with E-state index in [1.165, 1.54) is 42.4 Å². The highest BCUT2D eigenvalue weighted by atomic mass is 32.1. The lowest BCUT2D eigenvalue weighted by Gasteiger charge is -2.22. The van der Waals surface area contributed by atoms with Gasteiger partial charge in [0.05, 0.1) is 26.9 Å². The average molecular weight is 563 g/mol. The summed E-state index contributed by atoms with van der Waals surface area (Å²) in [6, 6.07) is 20.7. The van der Waals surface area contributed by atoms with Crippen LogP contribution in [-0.4, -0.2) is 26.0 Å². The summed E-state index contributed by atoms with van der Waals surface area (Å²) in [4.78, 5) is 26.4. The summed E-state index contributed by atoms with van der Waals surface area (Å²) in [6.07, 6.45) is 8.82. The number of hydrogen-bond donors (Lipinski definition) is 0. The molecule has 0 spiro atoms. The van der Waals surface area contributed by atoms with E-state index in [1.54, 1.807) is 7.11 Å². The maximum atomic E-state index is 12.8. The van der Waals surface area contributed by atoms with Crippen molar-refractivity contribution in [3.05, 3.63) is 87.1 Å². The number of aryl methyl sites for hydroxylation is 1. The molecule has 1 aliphatic carbocycles. The van der Waals surface area contributed by atoms with Crippen molar-refractivity contribution >= 4 is 23.1 Å². The number of benzene rings is 2. The van der Waals surface area contributed by atoms with Crippen LogP contribution in [0.2, 0.25) is 0 Å². The highest BCUT2D eigenvalue weighted by Crippen LogP contribution is 2.41. The van der Waals surface area contributed by atoms with Gasteiger partial charge in [0, 0.05) is 17.2 Å². The number of ether oxygens (including phenoxy) is 3. The van der Waals surface area contributed by atoms with Crippen LogP contribution in [0.4, 0.5) is 0 Å². The molecule has 214 valence electrons. The van der Waals surface area contributed by atoms with E-state index >= 15 is 0 Å². The van der Waals surface area contributed by atoms with E-state index in [0.717, 1.165) is 54.7 Å². The minimum absolute atomic E-state index is 0.0457. The fraction of sp³-hybridized carbons (Fsp3) is 0.471. The van der Waals surface area contributed by atoms with Gasteiger partial charge in [0.25, 0.3) is 0 Å². The zero-order valence-corrected chi connectivity index (χ0v) is 24.8. The molecule has 6 heteroatoms. The lowest BCUT2D eigenvalue weighted by Crippen LogP contribution is -2.14. The Bertz CT molecular complexity index is 1210. The third-order valence-corrected chi connectivity index (χ3v) is 9.13. The Hall–Kier alpha value is -2.96. The van der Waals surface area contributed by atoms with Crippen LogP contribution in [0.3, 0.4) is 0 Å². The zero-order chi connectivity index (χ0) is 28.3. The second-order valence-electron chi connectivity index (χ2n) is 10.7. The zero-order valence-electron chi connectivity index (χ0n) is 24.0. The number of methoxy groups -OCH3 is 2. The van der Waals surface area contributed by atoms with Gasteiger partial charge in [0.15, 0.2) is 0 Å². The topological polar surface area (TPSA) is 61.8 Å². The maximum Gasteiger partial charge on any atom is 0.348 e. The van der Waals surface area contributed by atoms with Crippen LogP contribution in [-0.2, 0) is 27.3 Å². The van der Waals surface area contributed by atoms with E-state index in [4.69, 9.17) is 14.2 Å². The van der Waals surface area contributed by atoms with Crippen molar-refractivity contribution in [1.29, 1.82) is 0 Å². The summed E-state index contributed by atoms with van der Waals surface area (Å²) < 4.78 is 16.5. The van der Waals surface area contributed by atoms with E-state index in [-0.39, 0.29) is 23.9 Å². The van der Waals surface area contributed by atoms with E-state index in [2.05, 4.69) is 43.3 Å². The van der Waals surface area contributed by atoms with Crippen LogP contribution in [0.25, 0.3) is 0 Å². The van der Waals surface area contributed by atoms with Gasteiger partial charge in [-0.25, -0.2) is 4.79 Å². The Morgan fingerprint density at radius 2 is 1.75 bits per heavy atom. The summed E-state index contributed by atoms with van der Waals surface area (Å²) in [5.41, 5.74) is 3.59. The molecule has 5 nitrogen and oxygen atoms in total. The largest absolute Gasteiger partial charge is 0.497 e. The van der Waals surface area contributed by atoms with Gasteiger partial charge < -0.3 is 14.2 Å². The predicted octanol–water partition coefficient (Wildman–Crippen LogP) is 8.47. The molecule has 3 atom stereocenters. The Balaban J connectivity index is 1.37. The third-order valence-electron chi connectivity index (χ3n) is 8.00. The van der Waals surface area contributed by atoms with Gasteiger partial charge in [-0.05, 0) is 79.0 Å². The van der Waals surface area contributed by atoms with Crippen molar-refractivity contribution in [2.45, 2.75) is 83.3 Å². The van der Waals surface area contributed by atoms with Crippen LogP contribution in [0.5, 0.6) is 5.75 Å². The lowest BCUT2D eigenvalue weighted by molar-refractivity contribution is -0.121. The summed E-state index contributed by atoms with van der Waals surface area (Å²) in [5, 5.41) is 0. The molecule has 0 radical (unpaired) electrons. The van der Waals surface area contributed by atoms with Crippen LogP contribution in [0.1, 0.15) is 102 Å². The monoisotopic (exact) mass is 562 g/mol. The molecule has 3 aromatic rings. The number of hydrogen-bond acceptors (Lipinski definition) is 6. The minimum Gasteiger partial charge on any atom is -0.497 e. The molecule has 1 fully saturated rings. The Morgan fingerprint density at radius 1 is 0.975 bits per heavy atom. The van der Waals surface area contributed by atoms with E-state index in [1.807, 2.05) is 24.3 Å². The molecule has 4 rings (SSSR count). The van der Waals surface area contributed by atoms with Gasteiger partial charge >= 0.3 is 5.97 Å². The van der Waals surface area contributed by atoms with Gasteiger partial charge in [-0.1, -0.05) is 62.6 Å². The fourth-order valence-electron chi connectivity index (χ4n) is 5.69. The maximum absolute atomic E-state index is 12.8. The number of esters is 1. The highest BCUT2D eigenvalue weighted by molar-refractivity contribution is 7.13. The number of carbonyl (C=O) groups is 2. The molecule has 1 unspecified atom stereocenters. The molecule has 0 bridgehead atoms. The van der Waals surface area contributed by atoms with Crippen LogP contribution in [0, 0.1) is 5.92 Å². The normalized spacial score (nSPS) is 17.6. The van der Waals surface area contributed by atoms with Crippen molar-refractivity contribution in [3.8, 4) is 5.75 Å². The average Bonchev–Trinajstić information content (AvgIpc) is 3.61. The Labute approximate surface area is 242 Å². The number of unbranched alkanes of at least 4 members (excludes halogenated alkanes) is 2. The molecule has 1 aliphatic rings. The molecule has 1 aromatic heterocycles. The molecular formula is C34H42O5S. The fourth-order valence-corrected chi connectivity index (χ4v) is 6.66. The van der Waals surface area contributed by atoms with Gasteiger partial charge in [-0.15, -0.1) is 11.3 Å². The molecule has 1 saturated carbocycles. The second kappa shape index (κ2) is 15.2. The van der Waals surface area contributed by atoms with Gasteiger partial charge in [-0.2, -0.15) is 0 Å². The van der Waals surface area contributed by atoms with E-state index in [0.29, 0.717) is 23.7 Å². The van der Waals surface area contributed by atoms with Crippen molar-refractivity contribution in [1.82, 2.24) is 0 Å². The van der Waals surface area contributed by atoms with Gasteiger partial charge in [0.1, 0.15) is 16.4 Å². The molecular weight excluding hydrogens is 520 g/mol. The summed E-state index contributed by atoms with van der Waals surface area (Å²) in [7, 11) is 3.08. The van der Waals surface area contributed by atoms with Crippen molar-refractivity contribution in [2.75, 3.05) is 14.2 Å². The van der Waals surface area contributed by atoms with Gasteiger partial charge in [-0.3, -0.25) is 4.79 Å². The number of Topliss-reactive ketones (excluding diaryl/α,β-unsaturated/α-hetero) is 1. The summed E-state index contributed by atoms with van der Waals surface area (Å²) >= 11 is 1.48.